The molecule has 1 unspecified atom stereocenters. The lowest BCUT2D eigenvalue weighted by Crippen LogP contribution is -2.30. The predicted molar refractivity (Wildman–Crippen MR) is 124 cm³/mol. The molecule has 2 aliphatic rings. The molecule has 1 saturated heterocycles. The van der Waals surface area contributed by atoms with Crippen LogP contribution in [0.15, 0.2) is 77.7 Å². The third-order valence-electron chi connectivity index (χ3n) is 5.88. The van der Waals surface area contributed by atoms with Gasteiger partial charge in [0, 0.05) is 17.8 Å². The van der Waals surface area contributed by atoms with Gasteiger partial charge in [-0.1, -0.05) is 30.3 Å². The van der Waals surface area contributed by atoms with Gasteiger partial charge in [0.25, 0.3) is 15.9 Å². The van der Waals surface area contributed by atoms with E-state index in [2.05, 4.69) is 4.72 Å². The molecule has 7 nitrogen and oxygen atoms in total. The average molecular weight is 465 g/mol. The summed E-state index contributed by atoms with van der Waals surface area (Å²) in [6.07, 6.45) is 1.75. The third kappa shape index (κ3) is 4.39. The van der Waals surface area contributed by atoms with Crippen molar-refractivity contribution in [1.82, 2.24) is 4.90 Å². The largest absolute Gasteiger partial charge is 0.486 e. The highest BCUT2D eigenvalue weighted by atomic mass is 32.2. The molecule has 1 atom stereocenters. The minimum Gasteiger partial charge on any atom is -0.486 e. The summed E-state index contributed by atoms with van der Waals surface area (Å²) in [7, 11) is -3.74. The standard InChI is InChI=1S/C25H24N2O5S/c28-25(19-6-4-7-20(16-19)26-33(29,30)21-8-2-1-3-9-21)27-13-5-10-22(27)18-11-12-23-24(17-18)32-15-14-31-23/h1-4,6-9,11-12,16-17,22,26H,5,10,13-15H2. The van der Waals surface area contributed by atoms with Gasteiger partial charge in [-0.15, -0.1) is 0 Å². The maximum absolute atomic E-state index is 13.4. The molecule has 170 valence electrons. The second-order valence-corrected chi connectivity index (χ2v) is 9.74. The molecule has 1 N–H and O–H groups in total. The molecule has 3 aromatic rings. The van der Waals surface area contributed by atoms with Crippen molar-refractivity contribution in [3.8, 4) is 11.5 Å². The van der Waals surface area contributed by atoms with Crippen LogP contribution < -0.4 is 14.2 Å². The van der Waals surface area contributed by atoms with Gasteiger partial charge in [-0.3, -0.25) is 9.52 Å². The molecule has 33 heavy (non-hydrogen) atoms. The molecule has 0 aliphatic carbocycles. The van der Waals surface area contributed by atoms with Gasteiger partial charge in [0.1, 0.15) is 13.2 Å². The number of likely N-dealkylation sites (tertiary alicyclic amines) is 1. The van der Waals surface area contributed by atoms with Crippen LogP contribution >= 0.6 is 0 Å². The first-order chi connectivity index (χ1) is 16.0. The summed E-state index contributed by atoms with van der Waals surface area (Å²) in [5.74, 6) is 1.29. The fourth-order valence-corrected chi connectivity index (χ4v) is 5.39. The van der Waals surface area contributed by atoms with Gasteiger partial charge < -0.3 is 14.4 Å². The van der Waals surface area contributed by atoms with Gasteiger partial charge in [-0.2, -0.15) is 0 Å². The molecule has 0 saturated carbocycles. The van der Waals surface area contributed by atoms with Crippen LogP contribution in [0, 0.1) is 0 Å². The van der Waals surface area contributed by atoms with E-state index < -0.39 is 10.0 Å². The Morgan fingerprint density at radius 3 is 2.52 bits per heavy atom. The topological polar surface area (TPSA) is 84.9 Å². The van der Waals surface area contributed by atoms with Crippen molar-refractivity contribution in [2.75, 3.05) is 24.5 Å². The Morgan fingerprint density at radius 2 is 1.70 bits per heavy atom. The predicted octanol–water partition coefficient (Wildman–Crippen LogP) is 4.24. The van der Waals surface area contributed by atoms with E-state index >= 15 is 0 Å². The molecule has 5 rings (SSSR count). The first-order valence-corrected chi connectivity index (χ1v) is 12.4. The number of benzene rings is 3. The molecule has 1 amide bonds. The number of nitrogens with zero attached hydrogens (tertiary/aromatic N) is 1. The summed E-state index contributed by atoms with van der Waals surface area (Å²) in [6, 6.07) is 20.5. The van der Waals surface area contributed by atoms with E-state index in [1.165, 1.54) is 12.1 Å². The number of nitrogens with one attached hydrogen (secondary N) is 1. The van der Waals surface area contributed by atoms with Crippen LogP contribution in [-0.2, 0) is 10.0 Å². The number of carbonyl (C=O) groups is 1. The van der Waals surface area contributed by atoms with E-state index in [0.717, 1.165) is 24.2 Å². The van der Waals surface area contributed by atoms with Crippen molar-refractivity contribution in [3.63, 3.8) is 0 Å². The highest BCUT2D eigenvalue weighted by molar-refractivity contribution is 7.92. The zero-order chi connectivity index (χ0) is 22.8. The number of rotatable bonds is 5. The van der Waals surface area contributed by atoms with E-state index in [9.17, 15) is 13.2 Å². The number of anilines is 1. The van der Waals surface area contributed by atoms with E-state index in [-0.39, 0.29) is 16.8 Å². The highest BCUT2D eigenvalue weighted by Crippen LogP contribution is 2.38. The summed E-state index contributed by atoms with van der Waals surface area (Å²) in [5, 5.41) is 0. The fraction of sp³-hybridized carbons (Fsp3) is 0.240. The van der Waals surface area contributed by atoms with Crippen LogP contribution in [0.1, 0.15) is 34.8 Å². The van der Waals surface area contributed by atoms with Crippen LogP contribution in [0.25, 0.3) is 0 Å². The van der Waals surface area contributed by atoms with Gasteiger partial charge in [0.15, 0.2) is 11.5 Å². The second kappa shape index (κ2) is 8.78. The first-order valence-electron chi connectivity index (χ1n) is 10.9. The fourth-order valence-electron chi connectivity index (χ4n) is 4.32. The van der Waals surface area contributed by atoms with E-state index in [1.807, 2.05) is 23.1 Å². The Balaban J connectivity index is 1.37. The van der Waals surface area contributed by atoms with Crippen LogP contribution in [0.5, 0.6) is 11.5 Å². The van der Waals surface area contributed by atoms with Gasteiger partial charge >= 0.3 is 0 Å². The van der Waals surface area contributed by atoms with Crippen molar-refractivity contribution >= 4 is 21.6 Å². The second-order valence-electron chi connectivity index (χ2n) is 8.06. The van der Waals surface area contributed by atoms with E-state index in [4.69, 9.17) is 9.47 Å². The van der Waals surface area contributed by atoms with Crippen molar-refractivity contribution in [1.29, 1.82) is 0 Å². The van der Waals surface area contributed by atoms with E-state index in [0.29, 0.717) is 36.8 Å². The lowest BCUT2D eigenvalue weighted by molar-refractivity contribution is 0.0735. The summed E-state index contributed by atoms with van der Waals surface area (Å²) in [5.41, 5.74) is 1.79. The molecule has 2 aliphatic heterocycles. The van der Waals surface area contributed by atoms with Gasteiger partial charge in [-0.25, -0.2) is 8.42 Å². The quantitative estimate of drug-likeness (QED) is 0.611. The number of sulfonamides is 1. The molecular formula is C25H24N2O5S. The first kappa shape index (κ1) is 21.3. The third-order valence-corrected chi connectivity index (χ3v) is 7.28. The van der Waals surface area contributed by atoms with Crippen LogP contribution in [-0.4, -0.2) is 39.0 Å². The van der Waals surface area contributed by atoms with Gasteiger partial charge in [0.2, 0.25) is 0 Å². The number of hydrogen-bond acceptors (Lipinski definition) is 5. The van der Waals surface area contributed by atoms with E-state index in [1.54, 1.807) is 42.5 Å². The number of ether oxygens (including phenoxy) is 2. The molecule has 0 aromatic heterocycles. The Bertz CT molecular complexity index is 1280. The SMILES string of the molecule is O=C(c1cccc(NS(=O)(=O)c2ccccc2)c1)N1CCCC1c1ccc2c(c1)OCCO2. The Labute approximate surface area is 193 Å². The number of hydrogen-bond donors (Lipinski definition) is 1. The summed E-state index contributed by atoms with van der Waals surface area (Å²) in [4.78, 5) is 15.4. The maximum Gasteiger partial charge on any atom is 0.261 e. The van der Waals surface area contributed by atoms with Gasteiger partial charge in [0.05, 0.1) is 10.9 Å². The normalized spacial score (nSPS) is 17.6. The summed E-state index contributed by atoms with van der Waals surface area (Å²) >= 11 is 0. The minimum atomic E-state index is -3.74. The molecule has 0 spiro atoms. The number of carbonyl (C=O) groups excluding carboxylic acids is 1. The van der Waals surface area contributed by atoms with Crippen LogP contribution in [0.3, 0.4) is 0 Å². The Kier molecular flexibility index (Phi) is 5.68. The molecule has 3 aromatic carbocycles. The molecule has 2 heterocycles. The van der Waals surface area contributed by atoms with Crippen molar-refractivity contribution in [2.24, 2.45) is 0 Å². The number of amides is 1. The smallest absolute Gasteiger partial charge is 0.261 e. The maximum atomic E-state index is 13.4. The molecule has 0 radical (unpaired) electrons. The number of fused-ring (bicyclic) bond motifs is 1. The molecule has 8 heteroatoms. The monoisotopic (exact) mass is 464 g/mol. The molecule has 1 fully saturated rings. The van der Waals surface area contributed by atoms with Crippen molar-refractivity contribution < 1.29 is 22.7 Å². The molecular weight excluding hydrogens is 440 g/mol. The minimum absolute atomic E-state index is 0.0713. The zero-order valence-electron chi connectivity index (χ0n) is 17.9. The summed E-state index contributed by atoms with van der Waals surface area (Å²) < 4.78 is 39.2. The zero-order valence-corrected chi connectivity index (χ0v) is 18.8. The lowest BCUT2D eigenvalue weighted by Gasteiger charge is -2.27. The summed E-state index contributed by atoms with van der Waals surface area (Å²) in [6.45, 7) is 1.68. The van der Waals surface area contributed by atoms with Crippen LogP contribution in [0.2, 0.25) is 0 Å². The van der Waals surface area contributed by atoms with Gasteiger partial charge in [-0.05, 0) is 60.9 Å². The van der Waals surface area contributed by atoms with Crippen LogP contribution in [0.4, 0.5) is 5.69 Å². The highest BCUT2D eigenvalue weighted by Gasteiger charge is 2.31. The Morgan fingerprint density at radius 1 is 0.909 bits per heavy atom. The Hall–Kier alpha value is -3.52. The van der Waals surface area contributed by atoms with Crippen molar-refractivity contribution in [2.45, 2.75) is 23.8 Å². The lowest BCUT2D eigenvalue weighted by atomic mass is 10.0. The average Bonchev–Trinajstić information content (AvgIpc) is 3.34. The van der Waals surface area contributed by atoms with Crippen molar-refractivity contribution in [3.05, 3.63) is 83.9 Å². The molecule has 0 bridgehead atoms.